The van der Waals surface area contributed by atoms with E-state index in [0.29, 0.717) is 12.5 Å². The Morgan fingerprint density at radius 3 is 2.75 bits per heavy atom. The second-order valence-corrected chi connectivity index (χ2v) is 4.17. The van der Waals surface area contributed by atoms with Crippen molar-refractivity contribution in [2.45, 2.75) is 25.9 Å². The molecule has 0 saturated heterocycles. The Hall–Kier alpha value is -1.29. The fraction of sp³-hybridized carbons (Fsp3) is 0.583. The minimum atomic E-state index is -0.152. The lowest BCUT2D eigenvalue weighted by Crippen LogP contribution is -2.25. The molecule has 4 heteroatoms. The first-order valence-electron chi connectivity index (χ1n) is 5.40. The van der Waals surface area contributed by atoms with Crippen molar-refractivity contribution in [3.05, 3.63) is 18.2 Å². The Bertz CT molecular complexity index is 327. The van der Waals surface area contributed by atoms with Gasteiger partial charge in [-0.25, -0.2) is 0 Å². The third-order valence-corrected chi connectivity index (χ3v) is 2.49. The molecule has 1 rings (SSSR count). The average Bonchev–Trinajstić information content (AvgIpc) is 2.29. The molecule has 0 fully saturated rings. The summed E-state index contributed by atoms with van der Waals surface area (Å²) in [5.74, 6) is 1.45. The van der Waals surface area contributed by atoms with Crippen LogP contribution < -0.4 is 10.1 Å². The number of methoxy groups -OCH3 is 1. The van der Waals surface area contributed by atoms with Gasteiger partial charge in [-0.1, -0.05) is 6.07 Å². The average molecular weight is 224 g/mol. The summed E-state index contributed by atoms with van der Waals surface area (Å²) in [6.45, 7) is 4.67. The highest BCUT2D eigenvalue weighted by Crippen LogP contribution is 2.15. The normalized spacial score (nSPS) is 11.2. The first kappa shape index (κ1) is 12.8. The van der Waals surface area contributed by atoms with Gasteiger partial charge < -0.3 is 14.8 Å². The zero-order chi connectivity index (χ0) is 12.0. The third kappa shape index (κ3) is 4.06. The zero-order valence-corrected chi connectivity index (χ0v) is 10.4. The lowest BCUT2D eigenvalue weighted by molar-refractivity contribution is 0.00510. The number of anilines is 1. The van der Waals surface area contributed by atoms with Gasteiger partial charge in [0.25, 0.3) is 0 Å². The van der Waals surface area contributed by atoms with E-state index >= 15 is 0 Å². The first-order valence-corrected chi connectivity index (χ1v) is 5.40. The molecule has 0 aliphatic rings. The minimum Gasteiger partial charge on any atom is -0.477 e. The molecule has 0 radical (unpaired) electrons. The molecule has 0 spiro atoms. The van der Waals surface area contributed by atoms with Gasteiger partial charge in [-0.15, -0.1) is 0 Å². The van der Waals surface area contributed by atoms with Crippen molar-refractivity contribution in [2.75, 3.05) is 26.1 Å². The molecule has 1 heterocycles. The van der Waals surface area contributed by atoms with Gasteiger partial charge in [0.2, 0.25) is 5.88 Å². The highest BCUT2D eigenvalue weighted by atomic mass is 16.5. The number of aromatic nitrogens is 1. The molecule has 0 amide bonds. The Morgan fingerprint density at radius 2 is 2.12 bits per heavy atom. The van der Waals surface area contributed by atoms with Gasteiger partial charge in [0.15, 0.2) is 0 Å². The molecule has 4 nitrogen and oxygen atoms in total. The van der Waals surface area contributed by atoms with E-state index in [1.165, 1.54) is 0 Å². The monoisotopic (exact) mass is 224 g/mol. The summed E-state index contributed by atoms with van der Waals surface area (Å²) in [4.78, 5) is 4.26. The van der Waals surface area contributed by atoms with Gasteiger partial charge in [0.05, 0.1) is 12.2 Å². The number of pyridine rings is 1. The number of hydrogen-bond acceptors (Lipinski definition) is 4. The van der Waals surface area contributed by atoms with Crippen LogP contribution in [0.2, 0.25) is 0 Å². The van der Waals surface area contributed by atoms with E-state index < -0.39 is 0 Å². The van der Waals surface area contributed by atoms with Crippen molar-refractivity contribution in [2.24, 2.45) is 0 Å². The van der Waals surface area contributed by atoms with E-state index in [0.717, 1.165) is 12.2 Å². The summed E-state index contributed by atoms with van der Waals surface area (Å²) in [7, 11) is 3.54. The van der Waals surface area contributed by atoms with Crippen LogP contribution in [-0.2, 0) is 4.74 Å². The van der Waals surface area contributed by atoms with E-state index in [4.69, 9.17) is 9.47 Å². The molecule has 1 aromatic rings. The maximum Gasteiger partial charge on any atom is 0.215 e. The van der Waals surface area contributed by atoms with Crippen molar-refractivity contribution < 1.29 is 9.47 Å². The predicted octanol–water partition coefficient (Wildman–Crippen LogP) is 2.32. The first-order chi connectivity index (χ1) is 7.57. The van der Waals surface area contributed by atoms with Crippen LogP contribution in [0.1, 0.15) is 20.3 Å². The lowest BCUT2D eigenvalue weighted by Gasteiger charge is -2.22. The Morgan fingerprint density at radius 1 is 1.38 bits per heavy atom. The summed E-state index contributed by atoms with van der Waals surface area (Å²) in [5, 5.41) is 2.97. The smallest absolute Gasteiger partial charge is 0.215 e. The van der Waals surface area contributed by atoms with Crippen LogP contribution in [0.4, 0.5) is 5.82 Å². The molecule has 1 aromatic heterocycles. The maximum atomic E-state index is 5.56. The SMILES string of the molecule is CNc1cccc(OCCC(C)(C)OC)n1. The van der Waals surface area contributed by atoms with Gasteiger partial charge in [-0.3, -0.25) is 0 Å². The second-order valence-electron chi connectivity index (χ2n) is 4.17. The molecular weight excluding hydrogens is 204 g/mol. The number of rotatable bonds is 6. The number of ether oxygens (including phenoxy) is 2. The minimum absolute atomic E-state index is 0.152. The van der Waals surface area contributed by atoms with Crippen LogP contribution in [0, 0.1) is 0 Å². The molecule has 0 saturated carbocycles. The van der Waals surface area contributed by atoms with Crippen molar-refractivity contribution in [1.29, 1.82) is 0 Å². The van der Waals surface area contributed by atoms with Crippen LogP contribution in [0.5, 0.6) is 5.88 Å². The van der Waals surface area contributed by atoms with Gasteiger partial charge >= 0.3 is 0 Å². The molecule has 0 aliphatic carbocycles. The van der Waals surface area contributed by atoms with E-state index in [1.807, 2.05) is 39.1 Å². The van der Waals surface area contributed by atoms with Gasteiger partial charge in [-0.05, 0) is 19.9 Å². The number of nitrogens with one attached hydrogen (secondary N) is 1. The second kappa shape index (κ2) is 5.70. The van der Waals surface area contributed by atoms with E-state index in [1.54, 1.807) is 7.11 Å². The molecule has 0 aromatic carbocycles. The standard InChI is InChI=1S/C12H20N2O2/c1-12(2,15-4)8-9-16-11-7-5-6-10(13-3)14-11/h5-7H,8-9H2,1-4H3,(H,13,14). The summed E-state index contributed by atoms with van der Waals surface area (Å²) >= 11 is 0. The Labute approximate surface area is 97.0 Å². The Balaban J connectivity index is 2.42. The van der Waals surface area contributed by atoms with E-state index in [2.05, 4.69) is 10.3 Å². The molecule has 16 heavy (non-hydrogen) atoms. The van der Waals surface area contributed by atoms with Crippen LogP contribution in [0.3, 0.4) is 0 Å². The zero-order valence-electron chi connectivity index (χ0n) is 10.4. The maximum absolute atomic E-state index is 5.56. The van der Waals surface area contributed by atoms with Crippen molar-refractivity contribution in [1.82, 2.24) is 4.98 Å². The lowest BCUT2D eigenvalue weighted by atomic mass is 10.1. The van der Waals surface area contributed by atoms with Crippen LogP contribution in [0.25, 0.3) is 0 Å². The fourth-order valence-corrected chi connectivity index (χ4v) is 1.14. The highest BCUT2D eigenvalue weighted by Gasteiger charge is 2.16. The molecule has 0 bridgehead atoms. The van der Waals surface area contributed by atoms with Crippen molar-refractivity contribution in [3.8, 4) is 5.88 Å². The van der Waals surface area contributed by atoms with Crippen molar-refractivity contribution in [3.63, 3.8) is 0 Å². The predicted molar refractivity (Wildman–Crippen MR) is 65.0 cm³/mol. The fourth-order valence-electron chi connectivity index (χ4n) is 1.14. The van der Waals surface area contributed by atoms with Gasteiger partial charge in [-0.2, -0.15) is 4.98 Å². The molecule has 0 aliphatic heterocycles. The topological polar surface area (TPSA) is 43.4 Å². The quantitative estimate of drug-likeness (QED) is 0.805. The molecule has 90 valence electrons. The van der Waals surface area contributed by atoms with Gasteiger partial charge in [0.1, 0.15) is 5.82 Å². The third-order valence-electron chi connectivity index (χ3n) is 2.49. The Kier molecular flexibility index (Phi) is 4.55. The summed E-state index contributed by atoms with van der Waals surface area (Å²) in [6, 6.07) is 5.65. The molecule has 1 N–H and O–H groups in total. The summed E-state index contributed by atoms with van der Waals surface area (Å²) < 4.78 is 10.9. The van der Waals surface area contributed by atoms with Crippen LogP contribution >= 0.6 is 0 Å². The van der Waals surface area contributed by atoms with Gasteiger partial charge in [0, 0.05) is 26.6 Å². The van der Waals surface area contributed by atoms with E-state index in [9.17, 15) is 0 Å². The molecule has 0 atom stereocenters. The largest absolute Gasteiger partial charge is 0.477 e. The number of nitrogens with zero attached hydrogens (tertiary/aromatic N) is 1. The summed E-state index contributed by atoms with van der Waals surface area (Å²) in [5.41, 5.74) is -0.152. The van der Waals surface area contributed by atoms with E-state index in [-0.39, 0.29) is 5.60 Å². The molecule has 0 unspecified atom stereocenters. The highest BCUT2D eigenvalue weighted by molar-refractivity contribution is 5.35. The van der Waals surface area contributed by atoms with Crippen LogP contribution in [-0.4, -0.2) is 31.3 Å². The van der Waals surface area contributed by atoms with Crippen molar-refractivity contribution >= 4 is 5.82 Å². The molecular formula is C12H20N2O2. The summed E-state index contributed by atoms with van der Waals surface area (Å²) in [6.07, 6.45) is 0.828. The van der Waals surface area contributed by atoms with Crippen LogP contribution in [0.15, 0.2) is 18.2 Å². The number of hydrogen-bond donors (Lipinski definition) is 1.